The van der Waals surface area contributed by atoms with Gasteiger partial charge < -0.3 is 33.6 Å². The van der Waals surface area contributed by atoms with Crippen LogP contribution in [0.3, 0.4) is 0 Å². The zero-order valence-electron chi connectivity index (χ0n) is 14.8. The molecule has 2 aromatic carbocycles. The van der Waals surface area contributed by atoms with Crippen LogP contribution in [0.1, 0.15) is 24.0 Å². The van der Waals surface area contributed by atoms with Gasteiger partial charge in [0, 0.05) is 28.8 Å². The molecular formula is C21H24Cl2INO. The normalized spacial score (nSPS) is 27.8. The zero-order valence-corrected chi connectivity index (χ0v) is 18.5. The van der Waals surface area contributed by atoms with Gasteiger partial charge in [-0.3, -0.25) is 0 Å². The standard InChI is InChI=1S/C21H24Cl2NO.HI/c1-24-10-8-15(9-11-24)20(14-24)21(25,16-4-2-6-18(22)12-16)17-5-3-7-19(23)13-17;/h2-7,12-13,15,20,25H,8-11,14H2,1H3;1H/q+1;/p-1. The first-order valence-electron chi connectivity index (χ1n) is 8.99. The number of aliphatic hydroxyl groups is 1. The van der Waals surface area contributed by atoms with Crippen LogP contribution in [-0.4, -0.2) is 36.3 Å². The molecule has 3 aliphatic heterocycles. The highest BCUT2D eigenvalue weighted by Crippen LogP contribution is 2.49. The third-order valence-corrected chi connectivity index (χ3v) is 6.82. The molecular weight excluding hydrogens is 480 g/mol. The second kappa shape index (κ2) is 7.59. The molecule has 3 aliphatic rings. The Labute approximate surface area is 182 Å². The van der Waals surface area contributed by atoms with Gasteiger partial charge in [-0.2, -0.15) is 0 Å². The van der Waals surface area contributed by atoms with Crippen molar-refractivity contribution in [3.05, 3.63) is 69.7 Å². The van der Waals surface area contributed by atoms with Crippen LogP contribution >= 0.6 is 23.2 Å². The fourth-order valence-electron chi connectivity index (χ4n) is 4.94. The van der Waals surface area contributed by atoms with E-state index in [1.165, 1.54) is 25.9 Å². The third kappa shape index (κ3) is 3.53. The van der Waals surface area contributed by atoms with Gasteiger partial charge in [-0.15, -0.1) is 0 Å². The highest BCUT2D eigenvalue weighted by atomic mass is 127. The molecule has 1 atom stereocenters. The van der Waals surface area contributed by atoms with Gasteiger partial charge in [0.2, 0.25) is 0 Å². The molecule has 5 rings (SSSR count). The summed E-state index contributed by atoms with van der Waals surface area (Å²) in [5.74, 6) is 0.694. The van der Waals surface area contributed by atoms with Gasteiger partial charge in [0.05, 0.1) is 26.7 Å². The van der Waals surface area contributed by atoms with Crippen molar-refractivity contribution in [3.8, 4) is 0 Å². The molecule has 1 unspecified atom stereocenters. The van der Waals surface area contributed by atoms with E-state index in [2.05, 4.69) is 7.05 Å². The fraction of sp³-hybridized carbons (Fsp3) is 0.429. The number of hydrogen-bond acceptors (Lipinski definition) is 1. The molecule has 3 heterocycles. The summed E-state index contributed by atoms with van der Waals surface area (Å²) in [7, 11) is 2.32. The predicted molar refractivity (Wildman–Crippen MR) is 103 cm³/mol. The molecule has 0 aromatic heterocycles. The highest BCUT2D eigenvalue weighted by molar-refractivity contribution is 6.31. The zero-order chi connectivity index (χ0) is 17.7. The Morgan fingerprint density at radius 1 is 0.962 bits per heavy atom. The van der Waals surface area contributed by atoms with E-state index >= 15 is 0 Å². The Balaban J connectivity index is 0.00000196. The molecule has 5 heteroatoms. The van der Waals surface area contributed by atoms with Gasteiger partial charge in [-0.25, -0.2) is 0 Å². The summed E-state index contributed by atoms with van der Waals surface area (Å²) in [4.78, 5) is 0. The average molecular weight is 504 g/mol. The summed E-state index contributed by atoms with van der Waals surface area (Å²) in [6.07, 6.45) is 2.34. The number of halogens is 3. The van der Waals surface area contributed by atoms with E-state index in [-0.39, 0.29) is 29.9 Å². The number of hydrogen-bond donors (Lipinski definition) is 1. The Bertz CT molecular complexity index is 744. The lowest BCUT2D eigenvalue weighted by molar-refractivity contribution is -0.930. The minimum atomic E-state index is -1.07. The molecule has 2 bridgehead atoms. The van der Waals surface area contributed by atoms with E-state index in [0.717, 1.165) is 22.2 Å². The second-order valence-electron chi connectivity index (χ2n) is 7.98. The van der Waals surface area contributed by atoms with Gasteiger partial charge in [0.25, 0.3) is 0 Å². The van der Waals surface area contributed by atoms with Crippen molar-refractivity contribution in [2.45, 2.75) is 18.4 Å². The third-order valence-electron chi connectivity index (χ3n) is 6.35. The molecule has 1 N–H and O–H groups in total. The molecule has 2 aromatic rings. The maximum atomic E-state index is 12.1. The summed E-state index contributed by atoms with van der Waals surface area (Å²) in [6.45, 7) is 3.41. The van der Waals surface area contributed by atoms with E-state index in [4.69, 9.17) is 23.2 Å². The van der Waals surface area contributed by atoms with Crippen LogP contribution in [-0.2, 0) is 5.60 Å². The molecule has 2 nitrogen and oxygen atoms in total. The molecule has 0 saturated carbocycles. The molecule has 3 saturated heterocycles. The molecule has 140 valence electrons. The maximum absolute atomic E-state index is 12.1. The van der Waals surface area contributed by atoms with Crippen LogP contribution in [0.4, 0.5) is 0 Å². The summed E-state index contributed by atoms with van der Waals surface area (Å²) in [5, 5.41) is 13.4. The number of quaternary nitrogens is 1. The lowest BCUT2D eigenvalue weighted by atomic mass is 9.64. The Hall–Kier alpha value is -0.330. The number of fused-ring (bicyclic) bond motifs is 3. The maximum Gasteiger partial charge on any atom is 0.123 e. The van der Waals surface area contributed by atoms with Crippen LogP contribution in [0, 0.1) is 11.8 Å². The SMILES string of the molecule is C[N+]12CCC(CC1)C(C(O)(c1cccc(Cl)c1)c1cccc(Cl)c1)C2.[I-]. The first-order chi connectivity index (χ1) is 11.9. The van der Waals surface area contributed by atoms with Gasteiger partial charge in [0.15, 0.2) is 0 Å². The van der Waals surface area contributed by atoms with Crippen LogP contribution in [0.5, 0.6) is 0 Å². The number of piperidine rings is 3. The molecule has 0 spiro atoms. The van der Waals surface area contributed by atoms with E-state index in [0.29, 0.717) is 16.0 Å². The monoisotopic (exact) mass is 503 g/mol. The van der Waals surface area contributed by atoms with Gasteiger partial charge >= 0.3 is 0 Å². The highest BCUT2D eigenvalue weighted by Gasteiger charge is 2.53. The summed E-state index contributed by atoms with van der Waals surface area (Å²) < 4.78 is 1.05. The predicted octanol–water partition coefficient (Wildman–Crippen LogP) is 1.72. The molecule has 0 radical (unpaired) electrons. The number of benzene rings is 2. The second-order valence-corrected chi connectivity index (χ2v) is 8.85. The largest absolute Gasteiger partial charge is 1.00 e. The lowest BCUT2D eigenvalue weighted by Crippen LogP contribution is -3.00. The van der Waals surface area contributed by atoms with Crippen molar-refractivity contribution in [3.63, 3.8) is 0 Å². The molecule has 0 aliphatic carbocycles. The summed E-state index contributed by atoms with van der Waals surface area (Å²) in [5.41, 5.74) is 0.668. The van der Waals surface area contributed by atoms with E-state index in [1.54, 1.807) is 0 Å². The summed E-state index contributed by atoms with van der Waals surface area (Å²) in [6, 6.07) is 15.3. The van der Waals surface area contributed by atoms with Crippen molar-refractivity contribution in [1.82, 2.24) is 0 Å². The van der Waals surface area contributed by atoms with Crippen molar-refractivity contribution in [2.75, 3.05) is 26.7 Å². The van der Waals surface area contributed by atoms with Gasteiger partial charge in [-0.1, -0.05) is 47.5 Å². The van der Waals surface area contributed by atoms with Gasteiger partial charge in [-0.05, 0) is 41.3 Å². The number of rotatable bonds is 3. The van der Waals surface area contributed by atoms with Crippen molar-refractivity contribution < 1.29 is 33.6 Å². The lowest BCUT2D eigenvalue weighted by Gasteiger charge is -2.55. The average Bonchev–Trinajstić information content (AvgIpc) is 2.61. The minimum Gasteiger partial charge on any atom is -1.00 e. The Morgan fingerprint density at radius 2 is 1.46 bits per heavy atom. The fourth-order valence-corrected chi connectivity index (χ4v) is 5.32. The van der Waals surface area contributed by atoms with Crippen LogP contribution in [0.25, 0.3) is 0 Å². The smallest absolute Gasteiger partial charge is 0.123 e. The van der Waals surface area contributed by atoms with E-state index < -0.39 is 5.60 Å². The number of nitrogens with zero attached hydrogens (tertiary/aromatic N) is 1. The summed E-state index contributed by atoms with van der Waals surface area (Å²) >= 11 is 12.5. The van der Waals surface area contributed by atoms with E-state index in [1.807, 2.05) is 48.5 Å². The molecule has 3 fully saturated rings. The van der Waals surface area contributed by atoms with Crippen molar-refractivity contribution in [2.24, 2.45) is 11.8 Å². The topological polar surface area (TPSA) is 20.2 Å². The first kappa shape index (κ1) is 20.4. The van der Waals surface area contributed by atoms with Crippen LogP contribution in [0.2, 0.25) is 10.0 Å². The van der Waals surface area contributed by atoms with E-state index in [9.17, 15) is 5.11 Å². The van der Waals surface area contributed by atoms with Crippen LogP contribution in [0.15, 0.2) is 48.5 Å². The Morgan fingerprint density at radius 3 is 1.88 bits per heavy atom. The molecule has 26 heavy (non-hydrogen) atoms. The Kier molecular flexibility index (Phi) is 5.96. The minimum absolute atomic E-state index is 0. The first-order valence-corrected chi connectivity index (χ1v) is 9.74. The molecule has 0 amide bonds. The van der Waals surface area contributed by atoms with Crippen molar-refractivity contribution in [1.29, 1.82) is 0 Å². The van der Waals surface area contributed by atoms with Crippen LogP contribution < -0.4 is 24.0 Å². The van der Waals surface area contributed by atoms with Crippen molar-refractivity contribution >= 4 is 23.2 Å². The van der Waals surface area contributed by atoms with Gasteiger partial charge in [0.1, 0.15) is 5.60 Å². The quantitative estimate of drug-likeness (QED) is 0.499.